The molecule has 1 amide bonds. The van der Waals surface area contributed by atoms with Gasteiger partial charge in [-0.2, -0.15) is 5.10 Å². The molecule has 0 saturated heterocycles. The van der Waals surface area contributed by atoms with Gasteiger partial charge in [0.2, 0.25) is 0 Å². The number of phenols is 1. The number of nitrogens with zero attached hydrogens (tertiary/aromatic N) is 1. The van der Waals surface area contributed by atoms with E-state index in [4.69, 9.17) is 4.74 Å². The van der Waals surface area contributed by atoms with Crippen molar-refractivity contribution < 1.29 is 14.6 Å². The highest BCUT2D eigenvalue weighted by atomic mass is 16.5. The molecule has 5 nitrogen and oxygen atoms in total. The van der Waals surface area contributed by atoms with Crippen molar-refractivity contribution in [1.82, 2.24) is 5.43 Å². The van der Waals surface area contributed by atoms with E-state index in [1.54, 1.807) is 31.2 Å². The first-order chi connectivity index (χ1) is 12.1. The molecule has 0 aliphatic heterocycles. The summed E-state index contributed by atoms with van der Waals surface area (Å²) >= 11 is 0. The molecule has 0 heterocycles. The van der Waals surface area contributed by atoms with Gasteiger partial charge in [-0.3, -0.25) is 4.79 Å². The number of phenolic OH excluding ortho intramolecular Hbond substituents is 1. The van der Waals surface area contributed by atoms with Crippen LogP contribution in [-0.2, 0) is 4.79 Å². The molecule has 3 aromatic carbocycles. The van der Waals surface area contributed by atoms with E-state index in [1.807, 2.05) is 42.5 Å². The highest BCUT2D eigenvalue weighted by molar-refractivity contribution is 5.85. The maximum Gasteiger partial charge on any atom is 0.280 e. The number of rotatable bonds is 5. The Morgan fingerprint density at radius 2 is 1.88 bits per heavy atom. The summed E-state index contributed by atoms with van der Waals surface area (Å²) in [5.41, 5.74) is 3.12. The molecule has 0 radical (unpaired) electrons. The van der Waals surface area contributed by atoms with Crippen molar-refractivity contribution in [3.05, 3.63) is 72.3 Å². The lowest BCUT2D eigenvalue weighted by atomic mass is 10.1. The number of hydrogen-bond acceptors (Lipinski definition) is 4. The van der Waals surface area contributed by atoms with Crippen LogP contribution in [0.25, 0.3) is 10.8 Å². The fourth-order valence-electron chi connectivity index (χ4n) is 2.36. The van der Waals surface area contributed by atoms with Crippen molar-refractivity contribution in [2.45, 2.75) is 13.0 Å². The van der Waals surface area contributed by atoms with Gasteiger partial charge in [0.05, 0.1) is 6.21 Å². The Labute approximate surface area is 145 Å². The topological polar surface area (TPSA) is 70.9 Å². The van der Waals surface area contributed by atoms with Crippen LogP contribution in [0.5, 0.6) is 11.5 Å². The minimum absolute atomic E-state index is 0.142. The Kier molecular flexibility index (Phi) is 4.95. The molecule has 3 aromatic rings. The van der Waals surface area contributed by atoms with Crippen LogP contribution >= 0.6 is 0 Å². The van der Waals surface area contributed by atoms with E-state index in [2.05, 4.69) is 10.5 Å². The van der Waals surface area contributed by atoms with E-state index in [-0.39, 0.29) is 11.7 Å². The number of benzene rings is 3. The lowest BCUT2D eigenvalue weighted by Gasteiger charge is -2.13. The molecule has 0 aliphatic rings. The summed E-state index contributed by atoms with van der Waals surface area (Å²) in [5.74, 6) is 0.408. The van der Waals surface area contributed by atoms with Crippen LogP contribution in [0, 0.1) is 0 Å². The third-order valence-electron chi connectivity index (χ3n) is 3.66. The van der Waals surface area contributed by atoms with Gasteiger partial charge in [-0.1, -0.05) is 42.5 Å². The summed E-state index contributed by atoms with van der Waals surface area (Å²) in [5, 5.41) is 15.4. The second-order valence-corrected chi connectivity index (χ2v) is 5.60. The Morgan fingerprint density at radius 1 is 1.08 bits per heavy atom. The number of hydrogen-bond donors (Lipinski definition) is 2. The number of amides is 1. The second-order valence-electron chi connectivity index (χ2n) is 5.60. The van der Waals surface area contributed by atoms with Crippen LogP contribution < -0.4 is 10.2 Å². The quantitative estimate of drug-likeness (QED) is 0.554. The molecule has 3 rings (SSSR count). The molecule has 0 aromatic heterocycles. The average molecular weight is 334 g/mol. The number of aromatic hydroxyl groups is 1. The first kappa shape index (κ1) is 16.5. The molecule has 0 spiro atoms. The van der Waals surface area contributed by atoms with Crippen molar-refractivity contribution >= 4 is 22.9 Å². The molecule has 1 unspecified atom stereocenters. The van der Waals surface area contributed by atoms with Gasteiger partial charge >= 0.3 is 0 Å². The normalized spacial score (nSPS) is 12.2. The van der Waals surface area contributed by atoms with E-state index >= 15 is 0 Å². The van der Waals surface area contributed by atoms with Crippen molar-refractivity contribution in [1.29, 1.82) is 0 Å². The number of nitrogens with one attached hydrogen (secondary N) is 1. The predicted molar refractivity (Wildman–Crippen MR) is 97.9 cm³/mol. The summed E-state index contributed by atoms with van der Waals surface area (Å²) in [6, 6.07) is 20.2. The first-order valence-electron chi connectivity index (χ1n) is 7.89. The van der Waals surface area contributed by atoms with Gasteiger partial charge < -0.3 is 9.84 Å². The first-order valence-corrected chi connectivity index (χ1v) is 7.89. The van der Waals surface area contributed by atoms with E-state index in [0.29, 0.717) is 11.3 Å². The summed E-state index contributed by atoms with van der Waals surface area (Å²) < 4.78 is 5.68. The zero-order chi connectivity index (χ0) is 17.6. The third-order valence-corrected chi connectivity index (χ3v) is 3.66. The Hall–Kier alpha value is -3.34. The summed E-state index contributed by atoms with van der Waals surface area (Å²) in [6.45, 7) is 1.66. The Morgan fingerprint density at radius 3 is 2.68 bits per heavy atom. The van der Waals surface area contributed by atoms with Crippen LogP contribution in [-0.4, -0.2) is 23.3 Å². The molecule has 0 aliphatic carbocycles. The van der Waals surface area contributed by atoms with Gasteiger partial charge in [0, 0.05) is 0 Å². The fraction of sp³-hybridized carbons (Fsp3) is 0.100. The zero-order valence-electron chi connectivity index (χ0n) is 13.7. The molecular formula is C20H18N2O3. The maximum absolute atomic E-state index is 12.1. The summed E-state index contributed by atoms with van der Waals surface area (Å²) in [6.07, 6.45) is 0.767. The monoisotopic (exact) mass is 334 g/mol. The van der Waals surface area contributed by atoms with Gasteiger partial charge in [-0.15, -0.1) is 0 Å². The number of carbonyl (C=O) groups is 1. The van der Waals surface area contributed by atoms with Crippen molar-refractivity contribution in [3.8, 4) is 11.5 Å². The van der Waals surface area contributed by atoms with Gasteiger partial charge in [0.1, 0.15) is 11.5 Å². The molecule has 25 heavy (non-hydrogen) atoms. The van der Waals surface area contributed by atoms with Crippen molar-refractivity contribution in [2.24, 2.45) is 5.10 Å². The standard InChI is InChI=1S/C20H18N2O3/c1-14(20(24)22-21-13-15-5-4-8-18(23)11-15)25-19-10-9-16-6-2-3-7-17(16)12-19/h2-14,23H,1H3,(H,22,24)/b21-13+. The minimum Gasteiger partial charge on any atom is -0.508 e. The smallest absolute Gasteiger partial charge is 0.280 e. The SMILES string of the molecule is CC(Oc1ccc2ccccc2c1)C(=O)N/N=C/c1cccc(O)c1. The van der Waals surface area contributed by atoms with E-state index in [1.165, 1.54) is 6.21 Å². The van der Waals surface area contributed by atoms with Crippen molar-refractivity contribution in [2.75, 3.05) is 0 Å². The summed E-state index contributed by atoms with van der Waals surface area (Å²) in [7, 11) is 0. The number of fused-ring (bicyclic) bond motifs is 1. The Balaban J connectivity index is 1.59. The van der Waals surface area contributed by atoms with Gasteiger partial charge in [0.15, 0.2) is 6.10 Å². The molecule has 2 N–H and O–H groups in total. The number of hydrazone groups is 1. The number of carbonyl (C=O) groups excluding carboxylic acids is 1. The zero-order valence-corrected chi connectivity index (χ0v) is 13.7. The molecule has 0 bridgehead atoms. The predicted octanol–water partition coefficient (Wildman–Crippen LogP) is 3.46. The highest BCUT2D eigenvalue weighted by Gasteiger charge is 2.14. The lowest BCUT2D eigenvalue weighted by molar-refractivity contribution is -0.127. The molecule has 1 atom stereocenters. The van der Waals surface area contributed by atoms with Crippen LogP contribution in [0.4, 0.5) is 0 Å². The van der Waals surface area contributed by atoms with Crippen LogP contribution in [0.15, 0.2) is 71.8 Å². The van der Waals surface area contributed by atoms with Crippen LogP contribution in [0.3, 0.4) is 0 Å². The molecule has 0 fully saturated rings. The highest BCUT2D eigenvalue weighted by Crippen LogP contribution is 2.21. The van der Waals surface area contributed by atoms with E-state index < -0.39 is 6.10 Å². The van der Waals surface area contributed by atoms with E-state index in [0.717, 1.165) is 10.8 Å². The van der Waals surface area contributed by atoms with Crippen LogP contribution in [0.2, 0.25) is 0 Å². The van der Waals surface area contributed by atoms with Gasteiger partial charge in [-0.25, -0.2) is 5.43 Å². The average Bonchev–Trinajstić information content (AvgIpc) is 2.61. The minimum atomic E-state index is -0.692. The largest absolute Gasteiger partial charge is 0.508 e. The Bertz CT molecular complexity index is 921. The molecule has 5 heteroatoms. The maximum atomic E-state index is 12.1. The fourth-order valence-corrected chi connectivity index (χ4v) is 2.36. The second kappa shape index (κ2) is 7.49. The lowest BCUT2D eigenvalue weighted by Crippen LogP contribution is -2.33. The molecular weight excluding hydrogens is 316 g/mol. The third kappa shape index (κ3) is 4.35. The van der Waals surface area contributed by atoms with Crippen molar-refractivity contribution in [3.63, 3.8) is 0 Å². The number of ether oxygens (including phenoxy) is 1. The van der Waals surface area contributed by atoms with Gasteiger partial charge in [-0.05, 0) is 47.5 Å². The summed E-state index contributed by atoms with van der Waals surface area (Å²) in [4.78, 5) is 12.1. The van der Waals surface area contributed by atoms with E-state index in [9.17, 15) is 9.90 Å². The molecule has 126 valence electrons. The molecule has 0 saturated carbocycles. The van der Waals surface area contributed by atoms with Gasteiger partial charge in [0.25, 0.3) is 5.91 Å². The van der Waals surface area contributed by atoms with Crippen LogP contribution in [0.1, 0.15) is 12.5 Å².